The van der Waals surface area contributed by atoms with E-state index in [1.54, 1.807) is 0 Å². The smallest absolute Gasteiger partial charge is 0.306 e. The summed E-state index contributed by atoms with van der Waals surface area (Å²) in [5, 5.41) is 8.85. The summed E-state index contributed by atoms with van der Waals surface area (Å²) >= 11 is 0. The number of halogens is 2. The summed E-state index contributed by atoms with van der Waals surface area (Å²) < 4.78 is 51.8. The minimum absolute atomic E-state index is 0.0100. The second kappa shape index (κ2) is 5.45. The van der Waals surface area contributed by atoms with Crippen LogP contribution in [-0.2, 0) is 14.8 Å². The number of rotatable bonds is 3. The van der Waals surface area contributed by atoms with Gasteiger partial charge < -0.3 is 5.11 Å². The second-order valence-electron chi connectivity index (χ2n) is 4.59. The fourth-order valence-corrected chi connectivity index (χ4v) is 3.68. The number of piperidine rings is 1. The minimum Gasteiger partial charge on any atom is -0.481 e. The first-order valence-corrected chi connectivity index (χ1v) is 7.44. The van der Waals surface area contributed by atoms with Crippen LogP contribution in [0.1, 0.15) is 12.8 Å². The van der Waals surface area contributed by atoms with Crippen LogP contribution in [0.5, 0.6) is 0 Å². The fourth-order valence-electron chi connectivity index (χ4n) is 2.17. The SMILES string of the molecule is O=C(O)C1CCN(S(=O)(=O)c2ccc(F)cc2F)CC1. The average molecular weight is 305 g/mol. The van der Waals surface area contributed by atoms with Crippen molar-refractivity contribution in [2.24, 2.45) is 5.92 Å². The lowest BCUT2D eigenvalue weighted by atomic mass is 9.99. The summed E-state index contributed by atoms with van der Waals surface area (Å²) in [5.41, 5.74) is 0. The molecule has 0 atom stereocenters. The molecule has 1 aliphatic rings. The molecule has 1 saturated heterocycles. The zero-order chi connectivity index (χ0) is 14.9. The normalized spacial score (nSPS) is 18.1. The molecule has 20 heavy (non-hydrogen) atoms. The lowest BCUT2D eigenvalue weighted by molar-refractivity contribution is -0.142. The minimum atomic E-state index is -4.06. The molecule has 0 saturated carbocycles. The molecule has 1 heterocycles. The van der Waals surface area contributed by atoms with Gasteiger partial charge in [-0.2, -0.15) is 4.31 Å². The van der Waals surface area contributed by atoms with E-state index in [0.717, 1.165) is 16.4 Å². The van der Waals surface area contributed by atoms with Crippen LogP contribution in [0.2, 0.25) is 0 Å². The van der Waals surface area contributed by atoms with Crippen molar-refractivity contribution in [2.75, 3.05) is 13.1 Å². The Labute approximate surface area is 114 Å². The molecule has 1 aromatic carbocycles. The number of hydrogen-bond donors (Lipinski definition) is 1. The Kier molecular flexibility index (Phi) is 4.05. The number of aliphatic carboxylic acids is 1. The molecule has 1 aromatic rings. The summed E-state index contributed by atoms with van der Waals surface area (Å²) in [6, 6.07) is 2.26. The monoisotopic (exact) mass is 305 g/mol. The van der Waals surface area contributed by atoms with Crippen LogP contribution in [0.4, 0.5) is 8.78 Å². The maximum Gasteiger partial charge on any atom is 0.306 e. The van der Waals surface area contributed by atoms with Crippen molar-refractivity contribution in [1.82, 2.24) is 4.31 Å². The number of benzene rings is 1. The summed E-state index contributed by atoms with van der Waals surface area (Å²) in [6.45, 7) is 0.0201. The van der Waals surface area contributed by atoms with Gasteiger partial charge in [0.2, 0.25) is 10.0 Å². The van der Waals surface area contributed by atoms with Gasteiger partial charge in [0.25, 0.3) is 0 Å². The third-order valence-electron chi connectivity index (χ3n) is 3.31. The summed E-state index contributed by atoms with van der Waals surface area (Å²) in [4.78, 5) is 10.2. The van der Waals surface area contributed by atoms with E-state index in [2.05, 4.69) is 0 Å². The Hall–Kier alpha value is -1.54. The van der Waals surface area contributed by atoms with Gasteiger partial charge in [-0.3, -0.25) is 4.79 Å². The highest BCUT2D eigenvalue weighted by Gasteiger charge is 2.33. The van der Waals surface area contributed by atoms with Crippen molar-refractivity contribution in [1.29, 1.82) is 0 Å². The van der Waals surface area contributed by atoms with Gasteiger partial charge in [-0.25, -0.2) is 17.2 Å². The Morgan fingerprint density at radius 3 is 2.35 bits per heavy atom. The van der Waals surface area contributed by atoms with E-state index < -0.39 is 38.4 Å². The lowest BCUT2D eigenvalue weighted by Gasteiger charge is -2.29. The molecule has 0 spiro atoms. The zero-order valence-electron chi connectivity index (χ0n) is 10.4. The molecular weight excluding hydrogens is 292 g/mol. The predicted molar refractivity (Wildman–Crippen MR) is 65.5 cm³/mol. The largest absolute Gasteiger partial charge is 0.481 e. The van der Waals surface area contributed by atoms with Crippen molar-refractivity contribution < 1.29 is 27.1 Å². The molecule has 0 radical (unpaired) electrons. The van der Waals surface area contributed by atoms with E-state index in [0.29, 0.717) is 6.07 Å². The molecule has 5 nitrogen and oxygen atoms in total. The van der Waals surface area contributed by atoms with E-state index in [9.17, 15) is 22.0 Å². The Balaban J connectivity index is 2.22. The number of carboxylic acids is 1. The van der Waals surface area contributed by atoms with Gasteiger partial charge in [0.05, 0.1) is 5.92 Å². The third-order valence-corrected chi connectivity index (χ3v) is 5.25. The van der Waals surface area contributed by atoms with Crippen LogP contribution in [0.25, 0.3) is 0 Å². The van der Waals surface area contributed by atoms with E-state index in [4.69, 9.17) is 5.11 Å². The van der Waals surface area contributed by atoms with E-state index in [1.165, 1.54) is 0 Å². The molecule has 1 fully saturated rings. The highest BCUT2D eigenvalue weighted by Crippen LogP contribution is 2.25. The third kappa shape index (κ3) is 2.80. The van der Waals surface area contributed by atoms with Gasteiger partial charge in [0, 0.05) is 19.2 Å². The first kappa shape index (κ1) is 14.9. The van der Waals surface area contributed by atoms with Gasteiger partial charge in [0.15, 0.2) is 0 Å². The lowest BCUT2D eigenvalue weighted by Crippen LogP contribution is -2.40. The topological polar surface area (TPSA) is 74.7 Å². The molecule has 0 unspecified atom stereocenters. The van der Waals surface area contributed by atoms with Crippen LogP contribution < -0.4 is 0 Å². The highest BCUT2D eigenvalue weighted by atomic mass is 32.2. The van der Waals surface area contributed by atoms with Crippen LogP contribution >= 0.6 is 0 Å². The van der Waals surface area contributed by atoms with Gasteiger partial charge >= 0.3 is 5.97 Å². The first-order valence-electron chi connectivity index (χ1n) is 6.00. The number of carbonyl (C=O) groups is 1. The maximum absolute atomic E-state index is 13.6. The second-order valence-corrected chi connectivity index (χ2v) is 6.50. The highest BCUT2D eigenvalue weighted by molar-refractivity contribution is 7.89. The fraction of sp³-hybridized carbons (Fsp3) is 0.417. The van der Waals surface area contributed by atoms with Gasteiger partial charge in [-0.15, -0.1) is 0 Å². The summed E-state index contributed by atoms with van der Waals surface area (Å²) in [7, 11) is -4.06. The first-order chi connectivity index (χ1) is 9.32. The summed E-state index contributed by atoms with van der Waals surface area (Å²) in [6.07, 6.45) is 0.356. The number of sulfonamides is 1. The standard InChI is InChI=1S/C12H13F2NO4S/c13-9-1-2-11(10(14)7-9)20(18,19)15-5-3-8(4-6-15)12(16)17/h1-2,7-8H,3-6H2,(H,16,17). The quantitative estimate of drug-likeness (QED) is 0.917. The molecule has 1 N–H and O–H groups in total. The Bertz CT molecular complexity index is 624. The molecule has 0 aliphatic carbocycles. The average Bonchev–Trinajstić information content (AvgIpc) is 2.38. The van der Waals surface area contributed by atoms with Crippen LogP contribution in [0.15, 0.2) is 23.1 Å². The zero-order valence-corrected chi connectivity index (χ0v) is 11.2. The van der Waals surface area contributed by atoms with Gasteiger partial charge in [-0.1, -0.05) is 0 Å². The Morgan fingerprint density at radius 1 is 1.25 bits per heavy atom. The molecule has 0 aromatic heterocycles. The van der Waals surface area contributed by atoms with Crippen molar-refractivity contribution >= 4 is 16.0 Å². The predicted octanol–water partition coefficient (Wildman–Crippen LogP) is 1.45. The number of nitrogens with zero attached hydrogens (tertiary/aromatic N) is 1. The van der Waals surface area contributed by atoms with Crippen molar-refractivity contribution in [3.05, 3.63) is 29.8 Å². The van der Waals surface area contributed by atoms with Gasteiger partial charge in [-0.05, 0) is 25.0 Å². The number of hydrogen-bond acceptors (Lipinski definition) is 3. The molecule has 8 heteroatoms. The van der Waals surface area contributed by atoms with E-state index in [-0.39, 0.29) is 25.9 Å². The van der Waals surface area contributed by atoms with Crippen molar-refractivity contribution in [3.8, 4) is 0 Å². The van der Waals surface area contributed by atoms with E-state index >= 15 is 0 Å². The van der Waals surface area contributed by atoms with Crippen LogP contribution in [0, 0.1) is 17.6 Å². The van der Waals surface area contributed by atoms with Gasteiger partial charge in [0.1, 0.15) is 16.5 Å². The molecule has 2 rings (SSSR count). The molecular formula is C12H13F2NO4S. The molecule has 1 aliphatic heterocycles. The number of carboxylic acid groups (broad SMARTS) is 1. The molecule has 0 amide bonds. The maximum atomic E-state index is 13.6. The molecule has 0 bridgehead atoms. The van der Waals surface area contributed by atoms with Crippen molar-refractivity contribution in [2.45, 2.75) is 17.7 Å². The Morgan fingerprint density at radius 2 is 1.85 bits per heavy atom. The summed E-state index contributed by atoms with van der Waals surface area (Å²) in [5.74, 6) is -3.55. The van der Waals surface area contributed by atoms with Crippen LogP contribution in [-0.4, -0.2) is 36.9 Å². The van der Waals surface area contributed by atoms with Crippen LogP contribution in [0.3, 0.4) is 0 Å². The van der Waals surface area contributed by atoms with E-state index in [1.807, 2.05) is 0 Å². The molecule has 110 valence electrons. The van der Waals surface area contributed by atoms with Crippen molar-refractivity contribution in [3.63, 3.8) is 0 Å².